The number of hydrogen-bond acceptors (Lipinski definition) is 4. The third kappa shape index (κ3) is 4.69. The highest BCUT2D eigenvalue weighted by atomic mass is 35.5. The number of amides is 1. The van der Waals surface area contributed by atoms with Crippen molar-refractivity contribution in [3.63, 3.8) is 0 Å². The number of benzene rings is 2. The molecule has 28 heavy (non-hydrogen) atoms. The fraction of sp³-hybridized carbons (Fsp3) is 0.381. The van der Waals surface area contributed by atoms with Gasteiger partial charge in [0, 0.05) is 36.8 Å². The van der Waals surface area contributed by atoms with Crippen LogP contribution >= 0.6 is 11.6 Å². The van der Waals surface area contributed by atoms with Crippen LogP contribution < -0.4 is 5.32 Å². The van der Waals surface area contributed by atoms with Gasteiger partial charge in [-0.05, 0) is 55.0 Å². The highest BCUT2D eigenvalue weighted by Gasteiger charge is 2.29. The first-order valence-electron chi connectivity index (χ1n) is 9.56. The van der Waals surface area contributed by atoms with Crippen molar-refractivity contribution in [2.75, 3.05) is 0 Å². The van der Waals surface area contributed by atoms with Crippen LogP contribution in [0.3, 0.4) is 0 Å². The van der Waals surface area contributed by atoms with Crippen LogP contribution in [0.2, 0.25) is 5.02 Å². The zero-order valence-electron chi connectivity index (χ0n) is 15.4. The molecule has 0 radical (unpaired) electrons. The van der Waals surface area contributed by atoms with Gasteiger partial charge in [-0.2, -0.15) is 0 Å². The molecule has 2 fully saturated rings. The maximum absolute atomic E-state index is 12.1. The van der Waals surface area contributed by atoms with E-state index < -0.39 is 4.92 Å². The number of rotatable bonds is 8. The average Bonchev–Trinajstić information content (AvgIpc) is 3.57. The molecule has 0 atom stereocenters. The number of hydrogen-bond donors (Lipinski definition) is 1. The first-order valence-corrected chi connectivity index (χ1v) is 9.94. The van der Waals surface area contributed by atoms with Crippen molar-refractivity contribution in [2.45, 2.75) is 50.9 Å². The van der Waals surface area contributed by atoms with Crippen molar-refractivity contribution >= 4 is 23.2 Å². The minimum absolute atomic E-state index is 0.0124. The Kier molecular flexibility index (Phi) is 5.33. The number of nitro groups is 1. The molecule has 2 aromatic rings. The van der Waals surface area contributed by atoms with Gasteiger partial charge in [-0.15, -0.1) is 0 Å². The van der Waals surface area contributed by atoms with Crippen LogP contribution in [0.4, 0.5) is 5.69 Å². The first kappa shape index (κ1) is 18.9. The Balaban J connectivity index is 1.43. The predicted molar refractivity (Wildman–Crippen MR) is 107 cm³/mol. The quantitative estimate of drug-likeness (QED) is 0.530. The molecule has 4 rings (SSSR count). The van der Waals surface area contributed by atoms with Crippen molar-refractivity contribution in [1.82, 2.24) is 10.2 Å². The SMILES string of the molecule is O=C(NC1CC1)c1ccc(CN(Cc2ccc(Cl)c([N+](=O)[O-])c2)C2CC2)cc1. The molecule has 0 saturated heterocycles. The minimum Gasteiger partial charge on any atom is -0.349 e. The Morgan fingerprint density at radius 3 is 2.32 bits per heavy atom. The molecule has 0 bridgehead atoms. The summed E-state index contributed by atoms with van der Waals surface area (Å²) < 4.78 is 0. The molecular weight excluding hydrogens is 378 g/mol. The van der Waals surface area contributed by atoms with Crippen molar-refractivity contribution in [2.24, 2.45) is 0 Å². The number of carbonyl (C=O) groups excluding carboxylic acids is 1. The fourth-order valence-electron chi connectivity index (χ4n) is 3.28. The lowest BCUT2D eigenvalue weighted by molar-refractivity contribution is -0.384. The summed E-state index contributed by atoms with van der Waals surface area (Å²) in [6, 6.07) is 13.5. The summed E-state index contributed by atoms with van der Waals surface area (Å²) >= 11 is 5.92. The second kappa shape index (κ2) is 7.89. The van der Waals surface area contributed by atoms with E-state index in [1.165, 1.54) is 0 Å². The zero-order chi connectivity index (χ0) is 19.7. The smallest absolute Gasteiger partial charge is 0.288 e. The maximum atomic E-state index is 12.1. The second-order valence-corrected chi connectivity index (χ2v) is 8.03. The van der Waals surface area contributed by atoms with E-state index in [9.17, 15) is 14.9 Å². The molecule has 0 heterocycles. The van der Waals surface area contributed by atoms with Crippen LogP contribution in [-0.4, -0.2) is 27.8 Å². The van der Waals surface area contributed by atoms with Crippen LogP contribution in [0.1, 0.15) is 47.2 Å². The highest BCUT2D eigenvalue weighted by molar-refractivity contribution is 6.32. The van der Waals surface area contributed by atoms with Crippen molar-refractivity contribution in [3.8, 4) is 0 Å². The summed E-state index contributed by atoms with van der Waals surface area (Å²) in [5, 5.41) is 14.3. The molecule has 6 nitrogen and oxygen atoms in total. The van der Waals surface area contributed by atoms with Gasteiger partial charge in [0.05, 0.1) is 4.92 Å². The molecule has 2 saturated carbocycles. The Morgan fingerprint density at radius 2 is 1.71 bits per heavy atom. The molecule has 2 aliphatic carbocycles. The molecule has 146 valence electrons. The Labute approximate surface area is 168 Å². The summed E-state index contributed by atoms with van der Waals surface area (Å²) in [7, 11) is 0. The van der Waals surface area contributed by atoms with Crippen molar-refractivity contribution in [3.05, 3.63) is 74.3 Å². The lowest BCUT2D eigenvalue weighted by Gasteiger charge is -2.22. The number of carbonyl (C=O) groups is 1. The van der Waals surface area contributed by atoms with E-state index in [-0.39, 0.29) is 16.6 Å². The number of nitro benzene ring substituents is 1. The van der Waals surface area contributed by atoms with Crippen molar-refractivity contribution in [1.29, 1.82) is 0 Å². The molecule has 0 aromatic heterocycles. The summed E-state index contributed by atoms with van der Waals surface area (Å²) in [5.41, 5.74) is 2.63. The largest absolute Gasteiger partial charge is 0.349 e. The maximum Gasteiger partial charge on any atom is 0.288 e. The lowest BCUT2D eigenvalue weighted by Crippen LogP contribution is -2.26. The fourth-order valence-corrected chi connectivity index (χ4v) is 3.46. The number of halogens is 1. The van der Waals surface area contributed by atoms with Crippen molar-refractivity contribution < 1.29 is 9.72 Å². The van der Waals surface area contributed by atoms with Gasteiger partial charge in [-0.3, -0.25) is 19.8 Å². The van der Waals surface area contributed by atoms with E-state index in [1.807, 2.05) is 30.3 Å². The van der Waals surface area contributed by atoms with Gasteiger partial charge >= 0.3 is 0 Å². The molecule has 0 aliphatic heterocycles. The Morgan fingerprint density at radius 1 is 1.07 bits per heavy atom. The molecule has 0 spiro atoms. The van der Waals surface area contributed by atoms with E-state index >= 15 is 0 Å². The molecule has 1 N–H and O–H groups in total. The molecule has 7 heteroatoms. The van der Waals surface area contributed by atoms with E-state index in [1.54, 1.807) is 12.1 Å². The van der Waals surface area contributed by atoms with Crippen LogP contribution in [-0.2, 0) is 13.1 Å². The lowest BCUT2D eigenvalue weighted by atomic mass is 10.1. The highest BCUT2D eigenvalue weighted by Crippen LogP contribution is 2.32. The van der Waals surface area contributed by atoms with E-state index in [4.69, 9.17) is 11.6 Å². The van der Waals surface area contributed by atoms with E-state index in [0.717, 1.165) is 43.4 Å². The third-order valence-corrected chi connectivity index (χ3v) is 5.49. The summed E-state index contributed by atoms with van der Waals surface area (Å²) in [6.45, 7) is 1.37. The topological polar surface area (TPSA) is 75.5 Å². The number of nitrogens with one attached hydrogen (secondary N) is 1. The van der Waals surface area contributed by atoms with Gasteiger partial charge < -0.3 is 5.32 Å². The van der Waals surface area contributed by atoms with Crippen LogP contribution in [0, 0.1) is 10.1 Å². The van der Waals surface area contributed by atoms with E-state index in [0.29, 0.717) is 24.2 Å². The predicted octanol–water partition coefficient (Wildman–Crippen LogP) is 4.31. The molecule has 2 aromatic carbocycles. The summed E-state index contributed by atoms with van der Waals surface area (Å²) in [4.78, 5) is 25.1. The van der Waals surface area contributed by atoms with Gasteiger partial charge in [-0.1, -0.05) is 29.8 Å². The molecule has 2 aliphatic rings. The second-order valence-electron chi connectivity index (χ2n) is 7.62. The van der Waals surface area contributed by atoms with Gasteiger partial charge in [0.2, 0.25) is 0 Å². The Bertz CT molecular complexity index is 892. The summed E-state index contributed by atoms with van der Waals surface area (Å²) in [6.07, 6.45) is 4.42. The normalized spacial score (nSPS) is 16.2. The zero-order valence-corrected chi connectivity index (χ0v) is 16.2. The molecular formula is C21H22ClN3O3. The van der Waals surface area contributed by atoms with Crippen LogP contribution in [0.15, 0.2) is 42.5 Å². The van der Waals surface area contributed by atoms with Crippen LogP contribution in [0.25, 0.3) is 0 Å². The van der Waals surface area contributed by atoms with E-state index in [2.05, 4.69) is 10.2 Å². The molecule has 1 amide bonds. The standard InChI is InChI=1S/C21H22ClN3O3/c22-19-10-3-15(11-20(19)25(27)28)13-24(18-8-9-18)12-14-1-4-16(5-2-14)21(26)23-17-6-7-17/h1-5,10-11,17-18H,6-9,12-13H2,(H,23,26). The monoisotopic (exact) mass is 399 g/mol. The molecule has 0 unspecified atom stereocenters. The first-order chi connectivity index (χ1) is 13.5. The Hall–Kier alpha value is -2.44. The number of nitrogens with zero attached hydrogens (tertiary/aromatic N) is 2. The van der Waals surface area contributed by atoms with Crippen LogP contribution in [0.5, 0.6) is 0 Å². The third-order valence-electron chi connectivity index (χ3n) is 5.17. The van der Waals surface area contributed by atoms with Gasteiger partial charge in [0.15, 0.2) is 0 Å². The van der Waals surface area contributed by atoms with Gasteiger partial charge in [0.1, 0.15) is 5.02 Å². The van der Waals surface area contributed by atoms with Gasteiger partial charge in [0.25, 0.3) is 11.6 Å². The summed E-state index contributed by atoms with van der Waals surface area (Å²) in [5.74, 6) is -0.0124. The van der Waals surface area contributed by atoms with Gasteiger partial charge in [-0.25, -0.2) is 0 Å². The minimum atomic E-state index is -0.446. The average molecular weight is 400 g/mol.